The Kier molecular flexibility index (Phi) is 5.31. The molecule has 0 radical (unpaired) electrons. The van der Waals surface area contributed by atoms with Crippen molar-refractivity contribution >= 4 is 11.6 Å². The molecule has 0 atom stereocenters. The van der Waals surface area contributed by atoms with Crippen molar-refractivity contribution in [2.24, 2.45) is 0 Å². The van der Waals surface area contributed by atoms with Crippen LogP contribution in [0.2, 0.25) is 5.02 Å². The van der Waals surface area contributed by atoms with Gasteiger partial charge in [-0.15, -0.1) is 0 Å². The van der Waals surface area contributed by atoms with Crippen molar-refractivity contribution < 1.29 is 9.15 Å². The molecule has 4 heteroatoms. The van der Waals surface area contributed by atoms with Gasteiger partial charge in [-0.2, -0.15) is 0 Å². The average molecular weight is 280 g/mol. The lowest BCUT2D eigenvalue weighted by atomic mass is 10.2. The Hall–Kier alpha value is -1.45. The van der Waals surface area contributed by atoms with E-state index in [9.17, 15) is 0 Å². The Morgan fingerprint density at radius 2 is 2.16 bits per heavy atom. The monoisotopic (exact) mass is 279 g/mol. The highest BCUT2D eigenvalue weighted by Gasteiger charge is 2.04. The van der Waals surface area contributed by atoms with E-state index in [0.717, 1.165) is 36.6 Å². The van der Waals surface area contributed by atoms with Gasteiger partial charge in [0.1, 0.15) is 11.5 Å². The summed E-state index contributed by atoms with van der Waals surface area (Å²) in [5.74, 6) is 1.73. The van der Waals surface area contributed by atoms with Crippen molar-refractivity contribution in [2.45, 2.75) is 19.9 Å². The minimum absolute atomic E-state index is 0.649. The number of nitrogens with one attached hydrogen (secondary N) is 1. The van der Waals surface area contributed by atoms with Gasteiger partial charge in [0.05, 0.1) is 24.4 Å². The minimum atomic E-state index is 0.649. The number of furan rings is 1. The number of benzene rings is 1. The van der Waals surface area contributed by atoms with E-state index in [1.165, 1.54) is 0 Å². The second-order valence-corrected chi connectivity index (χ2v) is 4.75. The van der Waals surface area contributed by atoms with Crippen LogP contribution in [0.15, 0.2) is 41.0 Å². The van der Waals surface area contributed by atoms with Crippen LogP contribution in [0.5, 0.6) is 5.75 Å². The third-order valence-electron chi connectivity index (χ3n) is 2.79. The molecule has 19 heavy (non-hydrogen) atoms. The van der Waals surface area contributed by atoms with Crippen LogP contribution < -0.4 is 10.1 Å². The second kappa shape index (κ2) is 7.22. The van der Waals surface area contributed by atoms with Gasteiger partial charge in [0.15, 0.2) is 0 Å². The molecule has 2 aromatic rings. The van der Waals surface area contributed by atoms with E-state index in [1.807, 2.05) is 37.3 Å². The summed E-state index contributed by atoms with van der Waals surface area (Å²) >= 11 is 6.08. The number of hydrogen-bond donors (Lipinski definition) is 1. The molecule has 0 aliphatic heterocycles. The lowest BCUT2D eigenvalue weighted by Gasteiger charge is -2.10. The first kappa shape index (κ1) is 14.0. The van der Waals surface area contributed by atoms with Crippen LogP contribution in [-0.2, 0) is 6.54 Å². The van der Waals surface area contributed by atoms with Gasteiger partial charge in [0, 0.05) is 0 Å². The molecule has 0 spiro atoms. The summed E-state index contributed by atoms with van der Waals surface area (Å²) in [7, 11) is 0. The predicted octanol–water partition coefficient (Wildman–Crippen LogP) is 3.80. The highest BCUT2D eigenvalue weighted by molar-refractivity contribution is 6.32. The van der Waals surface area contributed by atoms with Crippen molar-refractivity contribution in [1.82, 2.24) is 5.32 Å². The van der Waals surface area contributed by atoms with E-state index in [-0.39, 0.29) is 0 Å². The average Bonchev–Trinajstić information content (AvgIpc) is 2.89. The van der Waals surface area contributed by atoms with Crippen LogP contribution in [-0.4, -0.2) is 13.2 Å². The zero-order valence-corrected chi connectivity index (χ0v) is 11.7. The quantitative estimate of drug-likeness (QED) is 0.783. The molecule has 0 unspecified atom stereocenters. The highest BCUT2D eigenvalue weighted by Crippen LogP contribution is 2.27. The van der Waals surface area contributed by atoms with Crippen LogP contribution in [0.4, 0.5) is 0 Å². The van der Waals surface area contributed by atoms with E-state index in [1.54, 1.807) is 6.26 Å². The molecule has 1 heterocycles. The Balaban J connectivity index is 1.64. The molecule has 0 bridgehead atoms. The molecule has 0 aliphatic rings. The zero-order chi connectivity index (χ0) is 13.5. The molecule has 2 rings (SSSR count). The van der Waals surface area contributed by atoms with E-state index >= 15 is 0 Å². The fraction of sp³-hybridized carbons (Fsp3) is 0.333. The summed E-state index contributed by atoms with van der Waals surface area (Å²) < 4.78 is 10.9. The van der Waals surface area contributed by atoms with E-state index < -0.39 is 0 Å². The Morgan fingerprint density at radius 1 is 1.26 bits per heavy atom. The summed E-state index contributed by atoms with van der Waals surface area (Å²) in [6.07, 6.45) is 2.60. The normalized spacial score (nSPS) is 10.6. The number of hydrogen-bond acceptors (Lipinski definition) is 3. The van der Waals surface area contributed by atoms with Crippen molar-refractivity contribution in [2.75, 3.05) is 13.2 Å². The number of halogens is 1. The van der Waals surface area contributed by atoms with E-state index in [0.29, 0.717) is 11.6 Å². The molecular formula is C15H18ClNO2. The molecule has 0 saturated carbocycles. The van der Waals surface area contributed by atoms with Gasteiger partial charge in [-0.3, -0.25) is 0 Å². The van der Waals surface area contributed by atoms with Crippen LogP contribution >= 0.6 is 11.6 Å². The standard InChI is InChI=1S/C15H18ClNO2/c1-12-5-2-7-14(16)15(12)19-10-4-8-17-11-13-6-3-9-18-13/h2-3,5-7,9,17H,4,8,10-11H2,1H3. The Labute approximate surface area is 118 Å². The topological polar surface area (TPSA) is 34.4 Å². The molecule has 1 N–H and O–H groups in total. The largest absolute Gasteiger partial charge is 0.492 e. The van der Waals surface area contributed by atoms with Crippen LogP contribution in [0.3, 0.4) is 0 Å². The first-order valence-corrected chi connectivity index (χ1v) is 6.76. The second-order valence-electron chi connectivity index (χ2n) is 4.34. The third kappa shape index (κ3) is 4.30. The molecule has 102 valence electrons. The fourth-order valence-corrected chi connectivity index (χ4v) is 2.07. The van der Waals surface area contributed by atoms with Crippen LogP contribution in [0, 0.1) is 6.92 Å². The maximum Gasteiger partial charge on any atom is 0.140 e. The summed E-state index contributed by atoms with van der Waals surface area (Å²) in [5, 5.41) is 3.97. The van der Waals surface area contributed by atoms with Crippen molar-refractivity contribution in [3.63, 3.8) is 0 Å². The summed E-state index contributed by atoms with van der Waals surface area (Å²) in [6.45, 7) is 4.27. The van der Waals surface area contributed by atoms with Gasteiger partial charge in [0.2, 0.25) is 0 Å². The molecule has 0 amide bonds. The first-order valence-electron chi connectivity index (χ1n) is 6.38. The van der Waals surface area contributed by atoms with Crippen LogP contribution in [0.25, 0.3) is 0 Å². The number of rotatable bonds is 7. The number of para-hydroxylation sites is 1. The van der Waals surface area contributed by atoms with E-state index in [2.05, 4.69) is 5.32 Å². The number of ether oxygens (including phenoxy) is 1. The van der Waals surface area contributed by atoms with E-state index in [4.69, 9.17) is 20.8 Å². The molecule has 0 saturated heterocycles. The van der Waals surface area contributed by atoms with Crippen molar-refractivity contribution in [3.8, 4) is 5.75 Å². The maximum atomic E-state index is 6.08. The van der Waals surface area contributed by atoms with Gasteiger partial charge in [-0.05, 0) is 43.7 Å². The van der Waals surface area contributed by atoms with Gasteiger partial charge >= 0.3 is 0 Å². The lowest BCUT2D eigenvalue weighted by molar-refractivity contribution is 0.305. The smallest absolute Gasteiger partial charge is 0.140 e. The third-order valence-corrected chi connectivity index (χ3v) is 3.09. The van der Waals surface area contributed by atoms with Gasteiger partial charge in [0.25, 0.3) is 0 Å². The van der Waals surface area contributed by atoms with Gasteiger partial charge in [-0.25, -0.2) is 0 Å². The lowest BCUT2D eigenvalue weighted by Crippen LogP contribution is -2.16. The molecule has 3 nitrogen and oxygen atoms in total. The molecule has 0 fully saturated rings. The highest BCUT2D eigenvalue weighted by atomic mass is 35.5. The molecule has 1 aromatic carbocycles. The Bertz CT molecular complexity index is 477. The summed E-state index contributed by atoms with van der Waals surface area (Å²) in [5.41, 5.74) is 1.07. The zero-order valence-electron chi connectivity index (χ0n) is 11.0. The van der Waals surface area contributed by atoms with Gasteiger partial charge in [-0.1, -0.05) is 23.7 Å². The van der Waals surface area contributed by atoms with Crippen LogP contribution in [0.1, 0.15) is 17.7 Å². The maximum absolute atomic E-state index is 6.08. The fourth-order valence-electron chi connectivity index (χ4n) is 1.80. The summed E-state index contributed by atoms with van der Waals surface area (Å²) in [4.78, 5) is 0. The minimum Gasteiger partial charge on any atom is -0.492 e. The van der Waals surface area contributed by atoms with Gasteiger partial charge < -0.3 is 14.5 Å². The van der Waals surface area contributed by atoms with Crippen molar-refractivity contribution in [3.05, 3.63) is 52.9 Å². The Morgan fingerprint density at radius 3 is 2.89 bits per heavy atom. The van der Waals surface area contributed by atoms with Crippen molar-refractivity contribution in [1.29, 1.82) is 0 Å². The summed E-state index contributed by atoms with van der Waals surface area (Å²) in [6, 6.07) is 9.61. The molecule has 1 aromatic heterocycles. The first-order chi connectivity index (χ1) is 9.27. The molecule has 0 aliphatic carbocycles. The SMILES string of the molecule is Cc1cccc(Cl)c1OCCCNCc1ccco1. The molecular weight excluding hydrogens is 262 g/mol. The number of aryl methyl sites for hydroxylation is 1. The predicted molar refractivity (Wildman–Crippen MR) is 76.7 cm³/mol.